The van der Waals surface area contributed by atoms with Gasteiger partial charge in [0.1, 0.15) is 0 Å². The molecule has 0 rings (SSSR count). The summed E-state index contributed by atoms with van der Waals surface area (Å²) in [5, 5.41) is 30.7. The van der Waals surface area contributed by atoms with E-state index in [1.54, 1.807) is 0 Å². The zero-order valence-corrected chi connectivity index (χ0v) is 47.3. The average molecular weight is 923 g/mol. The van der Waals surface area contributed by atoms with Crippen LogP contribution in [0.15, 0.2) is 0 Å². The van der Waals surface area contributed by atoms with E-state index in [0.29, 0.717) is 0 Å². The van der Waals surface area contributed by atoms with Gasteiger partial charge in [-0.3, -0.25) is 0 Å². The Morgan fingerprint density at radius 3 is 0.397 bits per heavy atom. The van der Waals surface area contributed by atoms with Gasteiger partial charge in [0, 0.05) is 17.9 Å². The van der Waals surface area contributed by atoms with E-state index in [1.807, 2.05) is 0 Å². The molecule has 0 fully saturated rings. The van der Waals surface area contributed by atoms with Crippen LogP contribution < -0.4 is 15.3 Å². The molecule has 0 aliphatic heterocycles. The van der Waals surface area contributed by atoms with E-state index in [1.165, 1.54) is 250 Å². The SMILES string of the molecule is CCCCCCCCCCCCCCCCCC(=O)[O-].CCCCCCCCCCCCCCCCCC(=O)[O-].CCCCCCCCCCCCCCCCCC(=O)[O-].[Mg+2].[Mg+2].[Mg+2]. The molecule has 0 aromatic heterocycles. The van der Waals surface area contributed by atoms with Gasteiger partial charge in [-0.1, -0.05) is 290 Å². The largest absolute Gasteiger partial charge is 2.00 e. The van der Waals surface area contributed by atoms with Crippen molar-refractivity contribution in [1.29, 1.82) is 0 Å². The van der Waals surface area contributed by atoms with Crippen LogP contribution >= 0.6 is 0 Å². The molecule has 360 valence electrons. The summed E-state index contributed by atoms with van der Waals surface area (Å²) in [5.41, 5.74) is 0. The van der Waals surface area contributed by atoms with Crippen LogP contribution in [-0.2, 0) is 14.4 Å². The summed E-state index contributed by atoms with van der Waals surface area (Å²) in [5.74, 6) is -2.71. The molecule has 0 aromatic rings. The number of carbonyl (C=O) groups excluding carboxylic acids is 3. The predicted octanol–water partition coefficient (Wildman–Crippen LogP) is 13.9. The number of carboxylic acid groups (broad SMARTS) is 3. The van der Waals surface area contributed by atoms with Gasteiger partial charge < -0.3 is 29.7 Å². The maximum absolute atomic E-state index is 10.2. The predicted molar refractivity (Wildman–Crippen MR) is 271 cm³/mol. The minimum absolute atomic E-state index is 0. The van der Waals surface area contributed by atoms with Gasteiger partial charge >= 0.3 is 69.2 Å². The second-order valence-electron chi connectivity index (χ2n) is 18.2. The van der Waals surface area contributed by atoms with E-state index in [9.17, 15) is 29.7 Å². The van der Waals surface area contributed by atoms with Crippen LogP contribution in [-0.4, -0.2) is 87.1 Å². The first-order valence-electron chi connectivity index (χ1n) is 26.9. The number of hydrogen-bond donors (Lipinski definition) is 0. The number of unbranched alkanes of at least 4 members (excludes halogenated alkanes) is 42. The molecule has 6 nitrogen and oxygen atoms in total. The van der Waals surface area contributed by atoms with Gasteiger partial charge in [-0.25, -0.2) is 0 Å². The fourth-order valence-corrected chi connectivity index (χ4v) is 7.92. The summed E-state index contributed by atoms with van der Waals surface area (Å²) in [6, 6.07) is 0. The smallest absolute Gasteiger partial charge is 0.550 e. The van der Waals surface area contributed by atoms with Crippen molar-refractivity contribution in [1.82, 2.24) is 0 Å². The molecule has 0 heterocycles. The molecule has 0 radical (unpaired) electrons. The van der Waals surface area contributed by atoms with Crippen molar-refractivity contribution in [2.24, 2.45) is 0 Å². The standard InChI is InChI=1S/3C18H36O2.3Mg/c3*1-2-3-4-5-6-7-8-9-10-11-12-13-14-15-16-17-18(19)20;;;/h3*2-17H2,1H3,(H,19,20);;;/q;;;3*+2/p-3. The molecule has 63 heavy (non-hydrogen) atoms. The summed E-state index contributed by atoms with van der Waals surface area (Å²) < 4.78 is 0. The summed E-state index contributed by atoms with van der Waals surface area (Å²) in [6.07, 6.45) is 59.6. The first kappa shape index (κ1) is 75.2. The fourth-order valence-electron chi connectivity index (χ4n) is 7.92. The van der Waals surface area contributed by atoms with E-state index in [0.717, 1.165) is 38.5 Å². The van der Waals surface area contributed by atoms with Gasteiger partial charge in [0.25, 0.3) is 0 Å². The molecule has 0 aliphatic carbocycles. The normalized spacial score (nSPS) is 10.3. The Balaban J connectivity index is -0.000000189. The van der Waals surface area contributed by atoms with Gasteiger partial charge in [0.15, 0.2) is 0 Å². The van der Waals surface area contributed by atoms with E-state index in [4.69, 9.17) is 0 Å². The number of aliphatic carboxylic acids is 3. The third-order valence-electron chi connectivity index (χ3n) is 12.0. The molecule has 0 aliphatic rings. The molecule has 9 heteroatoms. The molecule has 0 amide bonds. The molecule has 0 bridgehead atoms. The first-order valence-corrected chi connectivity index (χ1v) is 26.9. The fraction of sp³-hybridized carbons (Fsp3) is 0.944. The van der Waals surface area contributed by atoms with Gasteiger partial charge in [-0.2, -0.15) is 0 Å². The van der Waals surface area contributed by atoms with Crippen LogP contribution in [0.4, 0.5) is 0 Å². The molecule has 0 saturated heterocycles. The third-order valence-corrected chi connectivity index (χ3v) is 12.0. The third kappa shape index (κ3) is 86.4. The van der Waals surface area contributed by atoms with Gasteiger partial charge in [-0.15, -0.1) is 0 Å². The number of carbonyl (C=O) groups is 3. The minimum atomic E-state index is -0.903. The number of rotatable bonds is 48. The van der Waals surface area contributed by atoms with Crippen LogP contribution in [0.2, 0.25) is 0 Å². The van der Waals surface area contributed by atoms with Gasteiger partial charge in [-0.05, 0) is 38.5 Å². The van der Waals surface area contributed by atoms with Crippen molar-refractivity contribution < 1.29 is 29.7 Å². The Labute approximate surface area is 442 Å². The van der Waals surface area contributed by atoms with Crippen LogP contribution in [0.1, 0.15) is 329 Å². The molecule has 0 unspecified atom stereocenters. The van der Waals surface area contributed by atoms with Gasteiger partial charge in [0.2, 0.25) is 0 Å². The van der Waals surface area contributed by atoms with E-state index in [2.05, 4.69) is 20.8 Å². The van der Waals surface area contributed by atoms with Crippen molar-refractivity contribution >= 4 is 87.1 Å². The Bertz CT molecular complexity index is 727. The monoisotopic (exact) mass is 922 g/mol. The van der Waals surface area contributed by atoms with Crippen LogP contribution in [0.3, 0.4) is 0 Å². The van der Waals surface area contributed by atoms with Crippen molar-refractivity contribution in [2.75, 3.05) is 0 Å². The zero-order valence-electron chi connectivity index (χ0n) is 43.0. The molecule has 0 spiro atoms. The van der Waals surface area contributed by atoms with Crippen LogP contribution in [0.25, 0.3) is 0 Å². The number of hydrogen-bond acceptors (Lipinski definition) is 6. The van der Waals surface area contributed by atoms with Crippen molar-refractivity contribution in [3.05, 3.63) is 0 Å². The van der Waals surface area contributed by atoms with E-state index < -0.39 is 17.9 Å². The second-order valence-corrected chi connectivity index (χ2v) is 18.2. The average Bonchev–Trinajstić information content (AvgIpc) is 3.22. The van der Waals surface area contributed by atoms with Crippen LogP contribution in [0, 0.1) is 0 Å². The Hall–Kier alpha value is 0.709. The molecule has 0 saturated carbocycles. The Morgan fingerprint density at radius 1 is 0.206 bits per heavy atom. The Kier molecular flexibility index (Phi) is 85.6. The minimum Gasteiger partial charge on any atom is -0.550 e. The second kappa shape index (κ2) is 71.7. The summed E-state index contributed by atoms with van der Waals surface area (Å²) in [7, 11) is 0. The molecule has 0 N–H and O–H groups in total. The number of carboxylic acids is 3. The molecule has 0 atom stereocenters. The summed E-state index contributed by atoms with van der Waals surface area (Å²) >= 11 is 0. The Morgan fingerprint density at radius 2 is 0.302 bits per heavy atom. The molecular weight excluding hydrogens is 818 g/mol. The molecule has 0 aromatic carbocycles. The van der Waals surface area contributed by atoms with Crippen molar-refractivity contribution in [2.45, 2.75) is 329 Å². The van der Waals surface area contributed by atoms with Crippen molar-refractivity contribution in [3.63, 3.8) is 0 Å². The zero-order chi connectivity index (χ0) is 44.7. The quantitative estimate of drug-likeness (QED) is 0.0443. The summed E-state index contributed by atoms with van der Waals surface area (Å²) in [4.78, 5) is 30.7. The maximum atomic E-state index is 10.2. The van der Waals surface area contributed by atoms with Crippen LogP contribution in [0.5, 0.6) is 0 Å². The van der Waals surface area contributed by atoms with E-state index >= 15 is 0 Å². The van der Waals surface area contributed by atoms with Crippen molar-refractivity contribution in [3.8, 4) is 0 Å². The van der Waals surface area contributed by atoms with E-state index in [-0.39, 0.29) is 88.4 Å². The summed E-state index contributed by atoms with van der Waals surface area (Å²) in [6.45, 7) is 6.80. The topological polar surface area (TPSA) is 120 Å². The maximum Gasteiger partial charge on any atom is 2.00 e. The van der Waals surface area contributed by atoms with Gasteiger partial charge in [0.05, 0.1) is 0 Å². The first-order chi connectivity index (χ1) is 29.3. The molecular formula is C54H105Mg3O6+3.